The van der Waals surface area contributed by atoms with E-state index in [4.69, 9.17) is 0 Å². The SMILES string of the molecule is O=C(Nc1cc(F)cc(F)c1O)NC12CC3CC(CC(C3)C1)C2. The molecule has 4 saturated carbocycles. The Morgan fingerprint density at radius 1 is 1.09 bits per heavy atom. The van der Waals surface area contributed by atoms with Crippen molar-refractivity contribution >= 4 is 11.7 Å². The maximum Gasteiger partial charge on any atom is 0.319 e. The molecular weight excluding hydrogens is 302 g/mol. The number of hydrogen-bond donors (Lipinski definition) is 3. The van der Waals surface area contributed by atoms with Gasteiger partial charge in [-0.15, -0.1) is 0 Å². The third-order valence-electron chi connectivity index (χ3n) is 5.69. The van der Waals surface area contributed by atoms with E-state index in [2.05, 4.69) is 10.6 Å². The van der Waals surface area contributed by atoms with Crippen LogP contribution >= 0.6 is 0 Å². The van der Waals surface area contributed by atoms with Gasteiger partial charge in [0, 0.05) is 17.7 Å². The Morgan fingerprint density at radius 3 is 2.22 bits per heavy atom. The Morgan fingerprint density at radius 2 is 1.65 bits per heavy atom. The zero-order valence-electron chi connectivity index (χ0n) is 12.7. The Labute approximate surface area is 133 Å². The number of phenolic OH excluding ortho intramolecular Hbond substituents is 1. The van der Waals surface area contributed by atoms with Crippen molar-refractivity contribution in [3.63, 3.8) is 0 Å². The topological polar surface area (TPSA) is 61.4 Å². The number of phenols is 1. The van der Waals surface area contributed by atoms with Gasteiger partial charge in [0.05, 0.1) is 5.69 Å². The molecule has 3 N–H and O–H groups in total. The first kappa shape index (κ1) is 14.7. The van der Waals surface area contributed by atoms with E-state index in [-0.39, 0.29) is 11.2 Å². The lowest BCUT2D eigenvalue weighted by Crippen LogP contribution is -2.60. The number of amides is 2. The highest BCUT2D eigenvalue weighted by Crippen LogP contribution is 2.55. The third-order valence-corrected chi connectivity index (χ3v) is 5.69. The van der Waals surface area contributed by atoms with Crippen LogP contribution in [0, 0.1) is 29.4 Å². The molecule has 0 aliphatic heterocycles. The molecule has 0 radical (unpaired) electrons. The molecule has 4 fully saturated rings. The molecule has 0 aromatic heterocycles. The van der Waals surface area contributed by atoms with Crippen LogP contribution in [0.5, 0.6) is 5.75 Å². The number of anilines is 1. The van der Waals surface area contributed by atoms with Crippen LogP contribution in [0.15, 0.2) is 12.1 Å². The summed E-state index contributed by atoms with van der Waals surface area (Å²) in [4.78, 5) is 12.3. The fourth-order valence-electron chi connectivity index (χ4n) is 5.32. The van der Waals surface area contributed by atoms with Crippen LogP contribution in [0.2, 0.25) is 0 Å². The Hall–Kier alpha value is -1.85. The van der Waals surface area contributed by atoms with Crippen LogP contribution in [0.3, 0.4) is 0 Å². The van der Waals surface area contributed by atoms with Crippen LogP contribution in [0.25, 0.3) is 0 Å². The molecular formula is C17H20F2N2O2. The molecule has 5 rings (SSSR count). The van der Waals surface area contributed by atoms with Gasteiger partial charge < -0.3 is 15.7 Å². The van der Waals surface area contributed by atoms with Crippen LogP contribution < -0.4 is 10.6 Å². The van der Waals surface area contributed by atoms with E-state index >= 15 is 0 Å². The Kier molecular flexibility index (Phi) is 3.25. The highest BCUT2D eigenvalue weighted by atomic mass is 19.1. The van der Waals surface area contributed by atoms with Crippen LogP contribution in [-0.2, 0) is 0 Å². The van der Waals surface area contributed by atoms with Crippen molar-refractivity contribution in [3.8, 4) is 5.75 Å². The van der Waals surface area contributed by atoms with Crippen molar-refractivity contribution in [1.29, 1.82) is 0 Å². The summed E-state index contributed by atoms with van der Waals surface area (Å²) in [5, 5.41) is 15.0. The minimum atomic E-state index is -1.09. The Balaban J connectivity index is 1.49. The largest absolute Gasteiger partial charge is 0.503 e. The minimum absolute atomic E-state index is 0.194. The van der Waals surface area contributed by atoms with E-state index in [1.54, 1.807) is 0 Å². The molecule has 124 valence electrons. The number of carbonyl (C=O) groups is 1. The molecule has 1 aromatic carbocycles. The summed E-state index contributed by atoms with van der Waals surface area (Å²) in [7, 11) is 0. The van der Waals surface area contributed by atoms with Gasteiger partial charge in [-0.25, -0.2) is 13.6 Å². The number of carbonyl (C=O) groups excluding carboxylic acids is 1. The van der Waals surface area contributed by atoms with Crippen molar-refractivity contribution in [2.45, 2.75) is 44.1 Å². The molecule has 0 heterocycles. The average Bonchev–Trinajstić information content (AvgIpc) is 2.41. The van der Waals surface area contributed by atoms with E-state index in [9.17, 15) is 18.7 Å². The number of rotatable bonds is 2. The summed E-state index contributed by atoms with van der Waals surface area (Å²) >= 11 is 0. The van der Waals surface area contributed by atoms with E-state index in [1.807, 2.05) is 0 Å². The lowest BCUT2D eigenvalue weighted by Gasteiger charge is -2.56. The van der Waals surface area contributed by atoms with Crippen molar-refractivity contribution < 1.29 is 18.7 Å². The summed E-state index contributed by atoms with van der Waals surface area (Å²) in [6.45, 7) is 0. The standard InChI is InChI=1S/C17H20F2N2O2/c18-12-4-13(19)15(22)14(5-12)20-16(23)21-17-6-9-1-10(7-17)3-11(2-9)8-17/h4-5,9-11,22H,1-3,6-8H2,(H2,20,21,23). The second-order valence-electron chi connectivity index (χ2n) is 7.56. The molecule has 4 aliphatic rings. The number of urea groups is 1. The van der Waals surface area contributed by atoms with Gasteiger partial charge in [-0.05, 0) is 56.3 Å². The fraction of sp³-hybridized carbons (Fsp3) is 0.588. The smallest absolute Gasteiger partial charge is 0.319 e. The first-order valence-corrected chi connectivity index (χ1v) is 8.20. The molecule has 23 heavy (non-hydrogen) atoms. The van der Waals surface area contributed by atoms with Crippen molar-refractivity contribution in [3.05, 3.63) is 23.8 Å². The molecule has 0 unspecified atom stereocenters. The molecule has 6 heteroatoms. The zero-order valence-corrected chi connectivity index (χ0v) is 12.7. The lowest BCUT2D eigenvalue weighted by atomic mass is 9.53. The lowest BCUT2D eigenvalue weighted by molar-refractivity contribution is -0.0127. The number of aromatic hydroxyl groups is 1. The number of hydrogen-bond acceptors (Lipinski definition) is 2. The summed E-state index contributed by atoms with van der Waals surface area (Å²) < 4.78 is 26.6. The quantitative estimate of drug-likeness (QED) is 0.726. The van der Waals surface area contributed by atoms with Gasteiger partial charge in [0.1, 0.15) is 5.82 Å². The maximum absolute atomic E-state index is 13.3. The van der Waals surface area contributed by atoms with Gasteiger partial charge in [-0.1, -0.05) is 0 Å². The highest BCUT2D eigenvalue weighted by molar-refractivity contribution is 5.91. The molecule has 0 atom stereocenters. The normalized spacial score (nSPS) is 34.4. The predicted molar refractivity (Wildman–Crippen MR) is 81.1 cm³/mol. The molecule has 4 bridgehead atoms. The number of nitrogens with one attached hydrogen (secondary N) is 2. The monoisotopic (exact) mass is 322 g/mol. The third kappa shape index (κ3) is 2.64. The van der Waals surface area contributed by atoms with Gasteiger partial charge >= 0.3 is 6.03 Å². The second kappa shape index (κ2) is 5.08. The van der Waals surface area contributed by atoms with Crippen LogP contribution in [-0.4, -0.2) is 16.7 Å². The predicted octanol–water partition coefficient (Wildman–Crippen LogP) is 3.76. The number of halogens is 2. The maximum atomic E-state index is 13.3. The average molecular weight is 322 g/mol. The minimum Gasteiger partial charge on any atom is -0.503 e. The second-order valence-corrected chi connectivity index (χ2v) is 7.56. The molecule has 2 amide bonds. The van der Waals surface area contributed by atoms with Gasteiger partial charge in [0.2, 0.25) is 0 Å². The number of benzene rings is 1. The molecule has 4 nitrogen and oxygen atoms in total. The van der Waals surface area contributed by atoms with E-state index < -0.39 is 23.4 Å². The molecule has 0 saturated heterocycles. The van der Waals surface area contributed by atoms with E-state index in [1.165, 1.54) is 19.3 Å². The fourth-order valence-corrected chi connectivity index (χ4v) is 5.32. The van der Waals surface area contributed by atoms with Crippen molar-refractivity contribution in [2.75, 3.05) is 5.32 Å². The summed E-state index contributed by atoms with van der Waals surface area (Å²) in [6, 6.07) is 0.988. The molecule has 4 aliphatic carbocycles. The summed E-state index contributed by atoms with van der Waals surface area (Å²) in [6.07, 6.45) is 6.73. The molecule has 0 spiro atoms. The molecule has 1 aromatic rings. The van der Waals surface area contributed by atoms with Gasteiger partial charge in [-0.3, -0.25) is 0 Å². The van der Waals surface area contributed by atoms with E-state index in [0.29, 0.717) is 23.8 Å². The summed E-state index contributed by atoms with van der Waals surface area (Å²) in [5.74, 6) is -0.628. The van der Waals surface area contributed by atoms with Crippen LogP contribution in [0.4, 0.5) is 19.3 Å². The zero-order chi connectivity index (χ0) is 16.2. The van der Waals surface area contributed by atoms with Crippen molar-refractivity contribution in [2.24, 2.45) is 17.8 Å². The first-order chi connectivity index (χ1) is 10.9. The van der Waals surface area contributed by atoms with Gasteiger partial charge in [0.25, 0.3) is 0 Å². The Bertz CT molecular complexity index is 627. The highest BCUT2D eigenvalue weighted by Gasteiger charge is 2.51. The van der Waals surface area contributed by atoms with Gasteiger partial charge in [-0.2, -0.15) is 0 Å². The first-order valence-electron chi connectivity index (χ1n) is 8.20. The van der Waals surface area contributed by atoms with Gasteiger partial charge in [0.15, 0.2) is 11.6 Å². The summed E-state index contributed by atoms with van der Waals surface area (Å²) in [5.41, 5.74) is -0.440. The van der Waals surface area contributed by atoms with E-state index in [0.717, 1.165) is 25.3 Å². The van der Waals surface area contributed by atoms with Crippen molar-refractivity contribution in [1.82, 2.24) is 5.32 Å². The van der Waals surface area contributed by atoms with Crippen LogP contribution in [0.1, 0.15) is 38.5 Å².